The van der Waals surface area contributed by atoms with Gasteiger partial charge >= 0.3 is 0 Å². The monoisotopic (exact) mass is 349 g/mol. The first-order chi connectivity index (χ1) is 13.2. The maximum absolute atomic E-state index is 5.00. The summed E-state index contributed by atoms with van der Waals surface area (Å²) < 4.78 is 2.18. The molecule has 0 N–H and O–H groups in total. The molecule has 0 fully saturated rings. The third kappa shape index (κ3) is 2.59. The van der Waals surface area contributed by atoms with E-state index in [2.05, 4.69) is 60.8 Å². The molecule has 0 aliphatic carbocycles. The Labute approximate surface area is 158 Å². The van der Waals surface area contributed by atoms with E-state index in [4.69, 9.17) is 9.97 Å². The molecule has 2 heterocycles. The van der Waals surface area contributed by atoms with Crippen LogP contribution in [0.5, 0.6) is 0 Å². The maximum Gasteiger partial charge on any atom is 0.164 e. The Hall–Kier alpha value is -3.46. The van der Waals surface area contributed by atoms with Crippen molar-refractivity contribution in [2.45, 2.75) is 13.8 Å². The van der Waals surface area contributed by atoms with Gasteiger partial charge in [0.2, 0.25) is 0 Å². The second-order valence-electron chi connectivity index (χ2n) is 6.94. The maximum atomic E-state index is 5.00. The molecule has 3 aromatic carbocycles. The van der Waals surface area contributed by atoms with Crippen molar-refractivity contribution in [3.05, 3.63) is 90.1 Å². The number of hydrogen-bond donors (Lipinski definition) is 0. The van der Waals surface area contributed by atoms with Crippen molar-refractivity contribution in [3.8, 4) is 22.5 Å². The molecule has 27 heavy (non-hydrogen) atoms. The molecule has 0 unspecified atom stereocenters. The first-order valence-corrected chi connectivity index (χ1v) is 9.11. The lowest BCUT2D eigenvalue weighted by molar-refractivity contribution is 1.16. The van der Waals surface area contributed by atoms with E-state index in [9.17, 15) is 0 Å². The molecule has 0 atom stereocenters. The van der Waals surface area contributed by atoms with Crippen LogP contribution in [0.25, 0.3) is 39.2 Å². The Morgan fingerprint density at radius 3 is 2.04 bits per heavy atom. The summed E-state index contributed by atoms with van der Waals surface area (Å²) in [4.78, 5) is 9.93. The standard InChI is InChI=1S/C24H19N3/c1-16-13-20-22(14-17(16)2)27-15-21(18-9-5-3-6-10-18)25-23(24(27)26-20)19-11-7-4-8-12-19/h3-15H,1-2H3. The minimum atomic E-state index is 0.890. The number of benzene rings is 3. The summed E-state index contributed by atoms with van der Waals surface area (Å²) in [5, 5.41) is 0. The molecule has 130 valence electrons. The van der Waals surface area contributed by atoms with Gasteiger partial charge in [-0.1, -0.05) is 60.7 Å². The number of hydrogen-bond acceptors (Lipinski definition) is 2. The molecule has 2 aromatic heterocycles. The predicted molar refractivity (Wildman–Crippen MR) is 111 cm³/mol. The Balaban J connectivity index is 1.91. The number of rotatable bonds is 2. The van der Waals surface area contributed by atoms with Crippen LogP contribution < -0.4 is 0 Å². The minimum absolute atomic E-state index is 0.890. The van der Waals surface area contributed by atoms with Crippen LogP contribution in [0.15, 0.2) is 79.0 Å². The quantitative estimate of drug-likeness (QED) is 0.401. The lowest BCUT2D eigenvalue weighted by Crippen LogP contribution is -1.96. The molecule has 5 aromatic rings. The van der Waals surface area contributed by atoms with E-state index < -0.39 is 0 Å². The molecular formula is C24H19N3. The zero-order valence-corrected chi connectivity index (χ0v) is 15.3. The van der Waals surface area contributed by atoms with E-state index >= 15 is 0 Å². The van der Waals surface area contributed by atoms with E-state index in [1.54, 1.807) is 0 Å². The van der Waals surface area contributed by atoms with Crippen LogP contribution in [-0.2, 0) is 0 Å². The summed E-state index contributed by atoms with van der Waals surface area (Å²) in [7, 11) is 0. The van der Waals surface area contributed by atoms with Crippen LogP contribution in [0.2, 0.25) is 0 Å². The van der Waals surface area contributed by atoms with E-state index in [1.807, 2.05) is 36.4 Å². The zero-order valence-electron chi connectivity index (χ0n) is 15.3. The fourth-order valence-corrected chi connectivity index (χ4v) is 3.51. The molecule has 0 aliphatic heterocycles. The van der Waals surface area contributed by atoms with E-state index in [0.29, 0.717) is 0 Å². The van der Waals surface area contributed by atoms with Crippen LogP contribution in [-0.4, -0.2) is 14.4 Å². The van der Waals surface area contributed by atoms with Crippen molar-refractivity contribution in [2.75, 3.05) is 0 Å². The summed E-state index contributed by atoms with van der Waals surface area (Å²) in [5.41, 5.74) is 9.55. The Bertz CT molecular complexity index is 1270. The van der Waals surface area contributed by atoms with Crippen molar-refractivity contribution in [2.24, 2.45) is 0 Å². The Morgan fingerprint density at radius 1 is 0.704 bits per heavy atom. The summed E-state index contributed by atoms with van der Waals surface area (Å²) in [6, 6.07) is 25.0. The van der Waals surface area contributed by atoms with Crippen LogP contribution in [0.3, 0.4) is 0 Å². The van der Waals surface area contributed by atoms with Crippen LogP contribution in [0.4, 0.5) is 0 Å². The summed E-state index contributed by atoms with van der Waals surface area (Å²) in [6.45, 7) is 4.27. The van der Waals surface area contributed by atoms with Gasteiger partial charge in [-0.2, -0.15) is 0 Å². The highest BCUT2D eigenvalue weighted by Crippen LogP contribution is 2.30. The van der Waals surface area contributed by atoms with Crippen molar-refractivity contribution < 1.29 is 0 Å². The number of aromatic nitrogens is 3. The first kappa shape index (κ1) is 15.8. The van der Waals surface area contributed by atoms with Gasteiger partial charge in [0.15, 0.2) is 5.65 Å². The van der Waals surface area contributed by atoms with Gasteiger partial charge in [-0.15, -0.1) is 0 Å². The molecule has 3 nitrogen and oxygen atoms in total. The van der Waals surface area contributed by atoms with E-state index in [1.165, 1.54) is 11.1 Å². The number of nitrogens with zero attached hydrogens (tertiary/aromatic N) is 3. The third-order valence-corrected chi connectivity index (χ3v) is 5.12. The molecule has 0 radical (unpaired) electrons. The normalized spacial score (nSPS) is 11.3. The number of fused-ring (bicyclic) bond motifs is 3. The van der Waals surface area contributed by atoms with Crippen LogP contribution >= 0.6 is 0 Å². The summed E-state index contributed by atoms with van der Waals surface area (Å²) in [5.74, 6) is 0. The lowest BCUT2D eigenvalue weighted by atomic mass is 10.1. The van der Waals surface area contributed by atoms with Gasteiger partial charge in [0.1, 0.15) is 5.69 Å². The molecule has 3 heteroatoms. The molecule has 0 spiro atoms. The fourth-order valence-electron chi connectivity index (χ4n) is 3.51. The van der Waals surface area contributed by atoms with E-state index in [0.717, 1.165) is 39.2 Å². The third-order valence-electron chi connectivity index (χ3n) is 5.12. The van der Waals surface area contributed by atoms with Gasteiger partial charge in [-0.05, 0) is 37.1 Å². The second-order valence-corrected chi connectivity index (χ2v) is 6.94. The molecule has 0 saturated heterocycles. The number of aryl methyl sites for hydroxylation is 2. The van der Waals surface area contributed by atoms with E-state index in [-0.39, 0.29) is 0 Å². The van der Waals surface area contributed by atoms with Gasteiger partial charge in [0.25, 0.3) is 0 Å². The van der Waals surface area contributed by atoms with Gasteiger partial charge in [-0.25, -0.2) is 9.97 Å². The smallest absolute Gasteiger partial charge is 0.164 e. The predicted octanol–water partition coefficient (Wildman–Crippen LogP) is 5.83. The van der Waals surface area contributed by atoms with Crippen LogP contribution in [0, 0.1) is 13.8 Å². The van der Waals surface area contributed by atoms with Gasteiger partial charge < -0.3 is 0 Å². The van der Waals surface area contributed by atoms with Crippen molar-refractivity contribution >= 4 is 16.7 Å². The van der Waals surface area contributed by atoms with Crippen molar-refractivity contribution in [1.29, 1.82) is 0 Å². The second kappa shape index (κ2) is 6.06. The molecule has 0 aliphatic rings. The number of imidazole rings is 1. The Kier molecular flexibility index (Phi) is 3.54. The van der Waals surface area contributed by atoms with Crippen molar-refractivity contribution in [3.63, 3.8) is 0 Å². The first-order valence-electron chi connectivity index (χ1n) is 9.11. The SMILES string of the molecule is Cc1cc2nc3c(-c4ccccc4)nc(-c4ccccc4)cn3c2cc1C. The molecular weight excluding hydrogens is 330 g/mol. The fraction of sp³-hybridized carbons (Fsp3) is 0.0833. The average Bonchev–Trinajstić information content (AvgIpc) is 3.06. The highest BCUT2D eigenvalue weighted by atomic mass is 15.0. The van der Waals surface area contributed by atoms with Crippen LogP contribution in [0.1, 0.15) is 11.1 Å². The molecule has 0 amide bonds. The average molecular weight is 349 g/mol. The summed E-state index contributed by atoms with van der Waals surface area (Å²) in [6.07, 6.45) is 2.10. The lowest BCUT2D eigenvalue weighted by Gasteiger charge is -2.08. The summed E-state index contributed by atoms with van der Waals surface area (Å²) >= 11 is 0. The molecule has 0 bridgehead atoms. The largest absolute Gasteiger partial charge is 0.296 e. The highest BCUT2D eigenvalue weighted by Gasteiger charge is 2.15. The molecule has 0 saturated carbocycles. The van der Waals surface area contributed by atoms with Gasteiger partial charge in [-0.3, -0.25) is 4.40 Å². The molecule has 5 rings (SSSR count). The van der Waals surface area contributed by atoms with Crippen molar-refractivity contribution in [1.82, 2.24) is 14.4 Å². The van der Waals surface area contributed by atoms with Gasteiger partial charge in [0, 0.05) is 17.3 Å². The zero-order chi connectivity index (χ0) is 18.4. The minimum Gasteiger partial charge on any atom is -0.296 e. The topological polar surface area (TPSA) is 30.2 Å². The highest BCUT2D eigenvalue weighted by molar-refractivity contribution is 5.88. The van der Waals surface area contributed by atoms with Gasteiger partial charge in [0.05, 0.1) is 16.7 Å². The Morgan fingerprint density at radius 2 is 1.33 bits per heavy atom.